The quantitative estimate of drug-likeness (QED) is 0.768. The first-order chi connectivity index (χ1) is 9.60. The zero-order valence-corrected chi connectivity index (χ0v) is 12.9. The Balaban J connectivity index is 2.66. The molecule has 0 spiro atoms. The lowest BCUT2D eigenvalue weighted by atomic mass is 10.1. The zero-order valence-electron chi connectivity index (χ0n) is 12.9. The number of rotatable bonds is 8. The molecule has 1 aromatic carbocycles. The molecule has 3 N–H and O–H groups in total. The summed E-state index contributed by atoms with van der Waals surface area (Å²) in [6, 6.07) is 7.56. The summed E-state index contributed by atoms with van der Waals surface area (Å²) in [5, 5.41) is 2.89. The van der Waals surface area contributed by atoms with Crippen molar-refractivity contribution in [1.29, 1.82) is 0 Å². The van der Waals surface area contributed by atoms with E-state index >= 15 is 0 Å². The van der Waals surface area contributed by atoms with E-state index < -0.39 is 6.04 Å². The van der Waals surface area contributed by atoms with E-state index in [0.29, 0.717) is 6.42 Å². The van der Waals surface area contributed by atoms with Gasteiger partial charge in [-0.05, 0) is 37.2 Å². The van der Waals surface area contributed by atoms with Crippen LogP contribution in [0.15, 0.2) is 24.3 Å². The molecule has 1 amide bonds. The lowest BCUT2D eigenvalue weighted by Gasteiger charge is -2.18. The molecule has 20 heavy (non-hydrogen) atoms. The molecule has 112 valence electrons. The molecule has 0 aliphatic heterocycles. The Labute approximate surface area is 122 Å². The molecule has 1 rings (SSSR count). The summed E-state index contributed by atoms with van der Waals surface area (Å²) in [6.45, 7) is 9.27. The van der Waals surface area contributed by atoms with Gasteiger partial charge in [0.1, 0.15) is 0 Å². The molecule has 0 heterocycles. The van der Waals surface area contributed by atoms with Crippen LogP contribution in [-0.4, -0.2) is 29.9 Å². The van der Waals surface area contributed by atoms with Gasteiger partial charge in [0, 0.05) is 12.2 Å². The van der Waals surface area contributed by atoms with E-state index in [1.807, 2.05) is 25.1 Å². The number of benzene rings is 1. The van der Waals surface area contributed by atoms with E-state index in [1.54, 1.807) is 0 Å². The highest BCUT2D eigenvalue weighted by atomic mass is 16.2. The molecule has 0 radical (unpaired) electrons. The standard InChI is InChI=1S/C16H27N3O/c1-4-8-15(17)16(20)18-14-10-7-9-13(11-14)12-19(5-2)6-3/h7,9-11,15H,4-6,8,12,17H2,1-3H3,(H,18,20). The minimum absolute atomic E-state index is 0.105. The Hall–Kier alpha value is -1.39. The third-order valence-electron chi connectivity index (χ3n) is 3.43. The average molecular weight is 277 g/mol. The van der Waals surface area contributed by atoms with E-state index in [2.05, 4.69) is 30.1 Å². The van der Waals surface area contributed by atoms with Crippen molar-refractivity contribution >= 4 is 11.6 Å². The monoisotopic (exact) mass is 277 g/mol. The Morgan fingerprint density at radius 1 is 1.30 bits per heavy atom. The Bertz CT molecular complexity index is 416. The predicted octanol–water partition coefficient (Wildman–Crippen LogP) is 2.59. The Kier molecular flexibility index (Phi) is 7.26. The summed E-state index contributed by atoms with van der Waals surface area (Å²) < 4.78 is 0. The van der Waals surface area contributed by atoms with Gasteiger partial charge in [-0.3, -0.25) is 9.69 Å². The van der Waals surface area contributed by atoms with E-state index in [1.165, 1.54) is 5.56 Å². The molecule has 1 unspecified atom stereocenters. The SMILES string of the molecule is CCCC(N)C(=O)Nc1cccc(CN(CC)CC)c1. The van der Waals surface area contributed by atoms with Gasteiger partial charge in [-0.1, -0.05) is 39.3 Å². The number of nitrogens with two attached hydrogens (primary N) is 1. The predicted molar refractivity (Wildman–Crippen MR) is 84.6 cm³/mol. The van der Waals surface area contributed by atoms with Crippen molar-refractivity contribution < 1.29 is 4.79 Å². The first-order valence-electron chi connectivity index (χ1n) is 7.48. The smallest absolute Gasteiger partial charge is 0.241 e. The van der Waals surface area contributed by atoms with Crippen LogP contribution >= 0.6 is 0 Å². The Morgan fingerprint density at radius 2 is 2.00 bits per heavy atom. The average Bonchev–Trinajstić information content (AvgIpc) is 2.45. The van der Waals surface area contributed by atoms with Gasteiger partial charge in [-0.2, -0.15) is 0 Å². The third kappa shape index (κ3) is 5.31. The molecule has 0 bridgehead atoms. The summed E-state index contributed by atoms with van der Waals surface area (Å²) in [5.74, 6) is -0.105. The first-order valence-corrected chi connectivity index (χ1v) is 7.48. The van der Waals surface area contributed by atoms with Crippen molar-refractivity contribution in [2.24, 2.45) is 5.73 Å². The number of amides is 1. The number of nitrogens with zero attached hydrogens (tertiary/aromatic N) is 1. The summed E-state index contributed by atoms with van der Waals surface area (Å²) in [4.78, 5) is 14.2. The van der Waals surface area contributed by atoms with E-state index in [-0.39, 0.29) is 5.91 Å². The summed E-state index contributed by atoms with van der Waals surface area (Å²) in [7, 11) is 0. The van der Waals surface area contributed by atoms with Gasteiger partial charge in [0.25, 0.3) is 0 Å². The maximum Gasteiger partial charge on any atom is 0.241 e. The molecule has 0 aliphatic rings. The number of nitrogens with one attached hydrogen (secondary N) is 1. The van der Waals surface area contributed by atoms with Crippen LogP contribution in [0, 0.1) is 0 Å². The van der Waals surface area contributed by atoms with Crippen molar-refractivity contribution in [3.05, 3.63) is 29.8 Å². The molecular weight excluding hydrogens is 250 g/mol. The molecule has 0 aliphatic carbocycles. The molecule has 4 nitrogen and oxygen atoms in total. The fourth-order valence-electron chi connectivity index (χ4n) is 2.13. The molecule has 0 saturated carbocycles. The van der Waals surface area contributed by atoms with Crippen molar-refractivity contribution in [2.75, 3.05) is 18.4 Å². The van der Waals surface area contributed by atoms with Crippen molar-refractivity contribution in [3.63, 3.8) is 0 Å². The number of hydrogen-bond acceptors (Lipinski definition) is 3. The van der Waals surface area contributed by atoms with Crippen LogP contribution in [0.1, 0.15) is 39.2 Å². The number of anilines is 1. The molecule has 0 aromatic heterocycles. The number of hydrogen-bond donors (Lipinski definition) is 2. The molecule has 0 saturated heterocycles. The topological polar surface area (TPSA) is 58.4 Å². The second kappa shape index (κ2) is 8.72. The van der Waals surface area contributed by atoms with E-state index in [9.17, 15) is 4.79 Å². The highest BCUT2D eigenvalue weighted by Gasteiger charge is 2.12. The minimum Gasteiger partial charge on any atom is -0.325 e. The summed E-state index contributed by atoms with van der Waals surface area (Å²) in [5.41, 5.74) is 7.85. The largest absolute Gasteiger partial charge is 0.325 e. The second-order valence-electron chi connectivity index (χ2n) is 5.05. The Morgan fingerprint density at radius 3 is 2.60 bits per heavy atom. The summed E-state index contributed by atoms with van der Waals surface area (Å²) >= 11 is 0. The van der Waals surface area contributed by atoms with Crippen LogP contribution in [0.4, 0.5) is 5.69 Å². The molecule has 0 fully saturated rings. The van der Waals surface area contributed by atoms with Crippen LogP contribution in [0.3, 0.4) is 0 Å². The number of carbonyl (C=O) groups is 1. The fraction of sp³-hybridized carbons (Fsp3) is 0.562. The highest BCUT2D eigenvalue weighted by molar-refractivity contribution is 5.94. The van der Waals surface area contributed by atoms with Crippen LogP contribution in [-0.2, 0) is 11.3 Å². The zero-order chi connectivity index (χ0) is 15.0. The molecule has 1 aromatic rings. The van der Waals surface area contributed by atoms with Crippen LogP contribution in [0.5, 0.6) is 0 Å². The third-order valence-corrected chi connectivity index (χ3v) is 3.43. The van der Waals surface area contributed by atoms with Gasteiger partial charge in [-0.25, -0.2) is 0 Å². The molecule has 4 heteroatoms. The van der Waals surface area contributed by atoms with Gasteiger partial charge in [0.05, 0.1) is 6.04 Å². The molecule has 1 atom stereocenters. The second-order valence-corrected chi connectivity index (χ2v) is 5.05. The molecular formula is C16H27N3O. The van der Waals surface area contributed by atoms with E-state index in [4.69, 9.17) is 5.73 Å². The van der Waals surface area contributed by atoms with Gasteiger partial charge in [0.2, 0.25) is 5.91 Å². The minimum atomic E-state index is -0.425. The highest BCUT2D eigenvalue weighted by Crippen LogP contribution is 2.13. The van der Waals surface area contributed by atoms with Crippen molar-refractivity contribution in [2.45, 2.75) is 46.2 Å². The van der Waals surface area contributed by atoms with Crippen LogP contribution in [0.2, 0.25) is 0 Å². The van der Waals surface area contributed by atoms with Gasteiger partial charge in [-0.15, -0.1) is 0 Å². The van der Waals surface area contributed by atoms with E-state index in [0.717, 1.165) is 31.7 Å². The summed E-state index contributed by atoms with van der Waals surface area (Å²) in [6.07, 6.45) is 1.63. The first kappa shape index (κ1) is 16.7. The van der Waals surface area contributed by atoms with Crippen molar-refractivity contribution in [1.82, 2.24) is 4.90 Å². The van der Waals surface area contributed by atoms with Crippen molar-refractivity contribution in [3.8, 4) is 0 Å². The lowest BCUT2D eigenvalue weighted by Crippen LogP contribution is -2.35. The fourth-order valence-corrected chi connectivity index (χ4v) is 2.13. The number of carbonyl (C=O) groups excluding carboxylic acids is 1. The maximum atomic E-state index is 11.9. The van der Waals surface area contributed by atoms with Gasteiger partial charge in [0.15, 0.2) is 0 Å². The van der Waals surface area contributed by atoms with Crippen LogP contribution < -0.4 is 11.1 Å². The van der Waals surface area contributed by atoms with Crippen LogP contribution in [0.25, 0.3) is 0 Å². The van der Waals surface area contributed by atoms with Gasteiger partial charge < -0.3 is 11.1 Å². The van der Waals surface area contributed by atoms with Gasteiger partial charge >= 0.3 is 0 Å². The lowest BCUT2D eigenvalue weighted by molar-refractivity contribution is -0.117. The normalized spacial score (nSPS) is 12.4. The maximum absolute atomic E-state index is 11.9.